The second kappa shape index (κ2) is 10.6. The van der Waals surface area contributed by atoms with Crippen molar-refractivity contribution in [3.63, 3.8) is 0 Å². The summed E-state index contributed by atoms with van der Waals surface area (Å²) < 4.78 is 0. The van der Waals surface area contributed by atoms with Gasteiger partial charge in [0.15, 0.2) is 0 Å². The number of para-hydroxylation sites is 1. The van der Waals surface area contributed by atoms with Crippen molar-refractivity contribution in [1.82, 2.24) is 4.98 Å². The SMILES string of the molecule is C/C(=C\c1ccc[nH]1)c1cccc(Nc2cc(NC(=O)c3ccccc3)ccc2C)c1NCO. The Morgan fingerprint density at radius 2 is 1.79 bits per heavy atom. The highest BCUT2D eigenvalue weighted by Gasteiger charge is 2.12. The standard InChI is InChI=1S/C28H28N4O2/c1-19-13-14-23(31-28(34)21-8-4-3-5-9-21)17-26(19)32-25-12-6-11-24(27(25)30-18-33)20(2)16-22-10-7-15-29-22/h3-17,29-30,32-33H,18H2,1-2H3,(H,31,34)/b20-16+. The molecule has 0 saturated carbocycles. The molecule has 3 aromatic carbocycles. The van der Waals surface area contributed by atoms with Crippen LogP contribution >= 0.6 is 0 Å². The topological polar surface area (TPSA) is 89.2 Å². The van der Waals surface area contributed by atoms with Crippen LogP contribution in [0.25, 0.3) is 11.6 Å². The lowest BCUT2D eigenvalue weighted by Crippen LogP contribution is -2.12. The highest BCUT2D eigenvalue weighted by atomic mass is 16.3. The summed E-state index contributed by atoms with van der Waals surface area (Å²) in [5, 5.41) is 19.2. The Morgan fingerprint density at radius 1 is 0.971 bits per heavy atom. The minimum absolute atomic E-state index is 0.162. The third-order valence-corrected chi connectivity index (χ3v) is 5.54. The largest absolute Gasteiger partial charge is 0.377 e. The molecule has 4 rings (SSSR count). The molecule has 6 nitrogen and oxygen atoms in total. The van der Waals surface area contributed by atoms with Crippen molar-refractivity contribution in [3.8, 4) is 0 Å². The number of nitrogens with one attached hydrogen (secondary N) is 4. The Bertz CT molecular complexity index is 1300. The number of aromatic amines is 1. The molecule has 1 heterocycles. The zero-order valence-corrected chi connectivity index (χ0v) is 19.2. The average molecular weight is 453 g/mol. The highest BCUT2D eigenvalue weighted by molar-refractivity contribution is 6.04. The van der Waals surface area contributed by atoms with Crippen molar-refractivity contribution < 1.29 is 9.90 Å². The number of carbonyl (C=O) groups excluding carboxylic acids is 1. The lowest BCUT2D eigenvalue weighted by atomic mass is 10.0. The Morgan fingerprint density at radius 3 is 2.53 bits per heavy atom. The first-order valence-electron chi connectivity index (χ1n) is 11.1. The third kappa shape index (κ3) is 5.36. The Balaban J connectivity index is 1.63. The number of aryl methyl sites for hydroxylation is 1. The van der Waals surface area contributed by atoms with E-state index in [1.54, 1.807) is 12.1 Å². The number of H-pyrrole nitrogens is 1. The molecule has 0 spiro atoms. The first-order chi connectivity index (χ1) is 16.5. The first-order valence-corrected chi connectivity index (χ1v) is 11.1. The summed E-state index contributed by atoms with van der Waals surface area (Å²) in [7, 11) is 0. The van der Waals surface area contributed by atoms with Crippen molar-refractivity contribution in [3.05, 3.63) is 107 Å². The van der Waals surface area contributed by atoms with Gasteiger partial charge in [-0.05, 0) is 73.5 Å². The van der Waals surface area contributed by atoms with Gasteiger partial charge in [0, 0.05) is 34.4 Å². The molecule has 0 radical (unpaired) electrons. The van der Waals surface area contributed by atoms with Crippen LogP contribution in [-0.2, 0) is 0 Å². The van der Waals surface area contributed by atoms with Crippen molar-refractivity contribution in [2.75, 3.05) is 22.7 Å². The fraction of sp³-hybridized carbons (Fsp3) is 0.107. The zero-order valence-electron chi connectivity index (χ0n) is 19.2. The molecule has 0 aliphatic rings. The van der Waals surface area contributed by atoms with Crippen molar-refractivity contribution >= 4 is 40.3 Å². The van der Waals surface area contributed by atoms with Crippen LogP contribution in [-0.4, -0.2) is 22.7 Å². The van der Waals surface area contributed by atoms with Crippen LogP contribution in [0.4, 0.5) is 22.7 Å². The van der Waals surface area contributed by atoms with Gasteiger partial charge in [-0.3, -0.25) is 4.79 Å². The van der Waals surface area contributed by atoms with Gasteiger partial charge in [0.05, 0.1) is 11.4 Å². The van der Waals surface area contributed by atoms with Gasteiger partial charge in [-0.25, -0.2) is 0 Å². The third-order valence-electron chi connectivity index (χ3n) is 5.54. The fourth-order valence-electron chi connectivity index (χ4n) is 3.77. The van der Waals surface area contributed by atoms with E-state index in [0.29, 0.717) is 11.3 Å². The molecule has 5 N–H and O–H groups in total. The van der Waals surface area contributed by atoms with E-state index in [4.69, 9.17) is 0 Å². The van der Waals surface area contributed by atoms with Crippen LogP contribution in [0.15, 0.2) is 85.1 Å². The van der Waals surface area contributed by atoms with E-state index < -0.39 is 0 Å². The average Bonchev–Trinajstić information content (AvgIpc) is 3.36. The highest BCUT2D eigenvalue weighted by Crippen LogP contribution is 2.35. The molecule has 0 bridgehead atoms. The van der Waals surface area contributed by atoms with Crippen LogP contribution < -0.4 is 16.0 Å². The van der Waals surface area contributed by atoms with Gasteiger partial charge >= 0.3 is 0 Å². The van der Waals surface area contributed by atoms with Gasteiger partial charge in [0.2, 0.25) is 0 Å². The van der Waals surface area contributed by atoms with E-state index in [0.717, 1.165) is 39.5 Å². The summed E-state index contributed by atoms with van der Waals surface area (Å²) >= 11 is 0. The van der Waals surface area contributed by atoms with Gasteiger partial charge in [0.1, 0.15) is 6.73 Å². The number of rotatable bonds is 8. The van der Waals surface area contributed by atoms with Crippen molar-refractivity contribution in [2.24, 2.45) is 0 Å². The van der Waals surface area contributed by atoms with E-state index >= 15 is 0 Å². The summed E-state index contributed by atoms with van der Waals surface area (Å²) in [6.45, 7) is 3.84. The molecule has 4 aromatic rings. The fourth-order valence-corrected chi connectivity index (χ4v) is 3.77. The van der Waals surface area contributed by atoms with E-state index in [1.807, 2.05) is 86.8 Å². The number of benzene rings is 3. The van der Waals surface area contributed by atoms with Gasteiger partial charge in [-0.15, -0.1) is 0 Å². The second-order valence-corrected chi connectivity index (χ2v) is 7.99. The molecule has 0 fully saturated rings. The summed E-state index contributed by atoms with van der Waals surface area (Å²) in [5.41, 5.74) is 7.81. The molecule has 0 saturated heterocycles. The maximum absolute atomic E-state index is 12.6. The Kier molecular flexibility index (Phi) is 7.10. The number of aliphatic hydroxyl groups excluding tert-OH is 1. The molecule has 0 aliphatic carbocycles. The van der Waals surface area contributed by atoms with Crippen molar-refractivity contribution in [1.29, 1.82) is 0 Å². The van der Waals surface area contributed by atoms with Gasteiger partial charge in [-0.2, -0.15) is 0 Å². The molecule has 172 valence electrons. The molecule has 1 amide bonds. The smallest absolute Gasteiger partial charge is 0.255 e. The van der Waals surface area contributed by atoms with Gasteiger partial charge in [0.25, 0.3) is 5.91 Å². The summed E-state index contributed by atoms with van der Waals surface area (Å²) in [4.78, 5) is 15.8. The quantitative estimate of drug-likeness (QED) is 0.205. The van der Waals surface area contributed by atoms with E-state index in [1.165, 1.54) is 0 Å². The molecule has 0 atom stereocenters. The number of carbonyl (C=O) groups is 1. The molecule has 1 aromatic heterocycles. The van der Waals surface area contributed by atoms with Crippen LogP contribution in [0, 0.1) is 6.92 Å². The minimum atomic E-state index is -0.201. The first kappa shape index (κ1) is 22.9. The summed E-state index contributed by atoms with van der Waals surface area (Å²) in [6, 6.07) is 24.8. The van der Waals surface area contributed by atoms with Crippen LogP contribution in [0.3, 0.4) is 0 Å². The molecular weight excluding hydrogens is 424 g/mol. The van der Waals surface area contributed by atoms with Crippen LogP contribution in [0.1, 0.15) is 34.1 Å². The Hall–Kier alpha value is -4.29. The number of amides is 1. The zero-order chi connectivity index (χ0) is 23.9. The van der Waals surface area contributed by atoms with Crippen molar-refractivity contribution in [2.45, 2.75) is 13.8 Å². The summed E-state index contributed by atoms with van der Waals surface area (Å²) in [6.07, 6.45) is 3.95. The Labute approximate surface area is 199 Å². The molecule has 6 heteroatoms. The number of anilines is 4. The van der Waals surface area contributed by atoms with E-state index in [2.05, 4.69) is 27.0 Å². The number of aliphatic hydroxyl groups is 1. The molecule has 0 aliphatic heterocycles. The predicted molar refractivity (Wildman–Crippen MR) is 140 cm³/mol. The number of aromatic nitrogens is 1. The lowest BCUT2D eigenvalue weighted by Gasteiger charge is -2.19. The van der Waals surface area contributed by atoms with Gasteiger partial charge in [-0.1, -0.05) is 36.4 Å². The monoisotopic (exact) mass is 452 g/mol. The van der Waals surface area contributed by atoms with E-state index in [9.17, 15) is 9.90 Å². The molecule has 34 heavy (non-hydrogen) atoms. The predicted octanol–water partition coefficient (Wildman–Crippen LogP) is 6.24. The number of allylic oxidation sites excluding steroid dienone is 1. The second-order valence-electron chi connectivity index (χ2n) is 7.99. The molecule has 0 unspecified atom stereocenters. The lowest BCUT2D eigenvalue weighted by molar-refractivity contribution is 0.102. The van der Waals surface area contributed by atoms with Gasteiger partial charge < -0.3 is 26.0 Å². The number of hydrogen-bond acceptors (Lipinski definition) is 4. The maximum atomic E-state index is 12.6. The summed E-state index contributed by atoms with van der Waals surface area (Å²) in [5.74, 6) is -0.162. The van der Waals surface area contributed by atoms with Crippen LogP contribution in [0.5, 0.6) is 0 Å². The minimum Gasteiger partial charge on any atom is -0.377 e. The maximum Gasteiger partial charge on any atom is 0.255 e. The van der Waals surface area contributed by atoms with E-state index in [-0.39, 0.29) is 12.6 Å². The molecular formula is C28H28N4O2. The number of hydrogen-bond donors (Lipinski definition) is 5. The van der Waals surface area contributed by atoms with Crippen LogP contribution in [0.2, 0.25) is 0 Å². The normalized spacial score (nSPS) is 11.2.